The molecule has 6 rings (SSSR count). The van der Waals surface area contributed by atoms with Crippen molar-refractivity contribution >= 4 is 33.0 Å². The van der Waals surface area contributed by atoms with Crippen LogP contribution in [0.1, 0.15) is 27.2 Å². The molecule has 0 saturated heterocycles. The van der Waals surface area contributed by atoms with Crippen LogP contribution in [-0.4, -0.2) is 26.7 Å². The quantitative estimate of drug-likeness (QED) is 0.200. The molecular weight excluding hydrogens is 531 g/mol. The second kappa shape index (κ2) is 10.6. The van der Waals surface area contributed by atoms with Gasteiger partial charge in [-0.25, -0.2) is 4.98 Å². The predicted octanol–water partition coefficient (Wildman–Crippen LogP) is 8.12. The number of carbonyl (C=O) groups excluding carboxylic acids is 1. The third-order valence-corrected chi connectivity index (χ3v) is 7.82. The van der Waals surface area contributed by atoms with Crippen molar-refractivity contribution in [3.8, 4) is 11.3 Å². The molecule has 0 saturated carbocycles. The van der Waals surface area contributed by atoms with E-state index < -0.39 is 11.7 Å². The molecule has 0 aliphatic heterocycles. The van der Waals surface area contributed by atoms with Crippen molar-refractivity contribution in [2.45, 2.75) is 19.1 Å². The number of rotatable bonds is 7. The molecule has 0 fully saturated rings. The lowest BCUT2D eigenvalue weighted by Gasteiger charge is -2.23. The van der Waals surface area contributed by atoms with Crippen molar-refractivity contribution in [1.82, 2.24) is 14.3 Å². The number of carbonyl (C=O) groups is 1. The van der Waals surface area contributed by atoms with Crippen LogP contribution in [0.25, 0.3) is 27.0 Å². The van der Waals surface area contributed by atoms with Crippen LogP contribution in [0.15, 0.2) is 109 Å². The van der Waals surface area contributed by atoms with Gasteiger partial charge in [-0.1, -0.05) is 66.7 Å². The first-order chi connectivity index (χ1) is 19.3. The number of hydrogen-bond acceptors (Lipinski definition) is 3. The third-order valence-electron chi connectivity index (χ3n) is 6.93. The molecule has 1 amide bonds. The number of benzene rings is 4. The first kappa shape index (κ1) is 25.8. The SMILES string of the molecule is O=C(c1ccc(C(F)(F)F)cc1)N(CCc1csc2nc(-c3ccc4ccccc4c3)cn12)Cc1ccccc1. The average Bonchev–Trinajstić information content (AvgIpc) is 3.56. The molecule has 0 atom stereocenters. The second-order valence-electron chi connectivity index (χ2n) is 9.61. The van der Waals surface area contributed by atoms with E-state index in [9.17, 15) is 18.0 Å². The van der Waals surface area contributed by atoms with Crippen LogP contribution in [0.5, 0.6) is 0 Å². The Morgan fingerprint density at radius 2 is 1.60 bits per heavy atom. The van der Waals surface area contributed by atoms with Gasteiger partial charge in [0.05, 0.1) is 11.3 Å². The van der Waals surface area contributed by atoms with Gasteiger partial charge in [-0.15, -0.1) is 11.3 Å². The van der Waals surface area contributed by atoms with Gasteiger partial charge < -0.3 is 4.90 Å². The minimum absolute atomic E-state index is 0.223. The van der Waals surface area contributed by atoms with Crippen LogP contribution in [0.2, 0.25) is 0 Å². The van der Waals surface area contributed by atoms with E-state index in [2.05, 4.69) is 34.7 Å². The second-order valence-corrected chi connectivity index (χ2v) is 10.4. The van der Waals surface area contributed by atoms with Crippen LogP contribution >= 0.6 is 11.3 Å². The van der Waals surface area contributed by atoms with Gasteiger partial charge in [0, 0.05) is 47.9 Å². The molecule has 0 spiro atoms. The highest BCUT2D eigenvalue weighted by Crippen LogP contribution is 2.30. The molecule has 8 heteroatoms. The van der Waals surface area contributed by atoms with Gasteiger partial charge in [0.25, 0.3) is 5.91 Å². The molecule has 0 aliphatic carbocycles. The molecule has 0 bridgehead atoms. The maximum atomic E-state index is 13.5. The number of aromatic nitrogens is 2. The maximum Gasteiger partial charge on any atom is 0.416 e. The summed E-state index contributed by atoms with van der Waals surface area (Å²) < 4.78 is 41.2. The molecular formula is C32H24F3N3OS. The van der Waals surface area contributed by atoms with E-state index in [0.29, 0.717) is 19.5 Å². The number of imidazole rings is 1. The normalized spacial score (nSPS) is 11.8. The standard InChI is InChI=1S/C32H24F3N3OS/c33-32(34,35)27-14-12-24(13-15-27)30(39)37(19-22-6-2-1-3-7-22)17-16-28-21-40-31-36-29(20-38(28)31)26-11-10-23-8-4-5-9-25(23)18-26/h1-15,18,20-21H,16-17,19H2. The number of hydrogen-bond donors (Lipinski definition) is 0. The fraction of sp³-hybridized carbons (Fsp3) is 0.125. The van der Waals surface area contributed by atoms with Crippen molar-refractivity contribution in [2.24, 2.45) is 0 Å². The topological polar surface area (TPSA) is 37.6 Å². The van der Waals surface area contributed by atoms with Gasteiger partial charge in [0.15, 0.2) is 4.96 Å². The van der Waals surface area contributed by atoms with Gasteiger partial charge in [-0.05, 0) is 46.7 Å². The van der Waals surface area contributed by atoms with Crippen molar-refractivity contribution in [3.63, 3.8) is 0 Å². The molecule has 4 aromatic carbocycles. The fourth-order valence-corrected chi connectivity index (χ4v) is 5.69. The van der Waals surface area contributed by atoms with Crippen LogP contribution in [0, 0.1) is 0 Å². The van der Waals surface area contributed by atoms with Gasteiger partial charge >= 0.3 is 6.18 Å². The zero-order valence-electron chi connectivity index (χ0n) is 21.3. The summed E-state index contributed by atoms with van der Waals surface area (Å²) in [5.41, 5.74) is 3.31. The highest BCUT2D eigenvalue weighted by atomic mass is 32.1. The van der Waals surface area contributed by atoms with E-state index in [1.165, 1.54) is 28.9 Å². The van der Waals surface area contributed by atoms with Gasteiger partial charge in [-0.2, -0.15) is 13.2 Å². The predicted molar refractivity (Wildman–Crippen MR) is 152 cm³/mol. The van der Waals surface area contributed by atoms with Crippen molar-refractivity contribution in [3.05, 3.63) is 131 Å². The number of alkyl halides is 3. The summed E-state index contributed by atoms with van der Waals surface area (Å²) in [7, 11) is 0. The zero-order chi connectivity index (χ0) is 27.7. The number of thiazole rings is 1. The Morgan fingerprint density at radius 1 is 0.875 bits per heavy atom. The van der Waals surface area contributed by atoms with Gasteiger partial charge in [-0.3, -0.25) is 9.20 Å². The van der Waals surface area contributed by atoms with E-state index >= 15 is 0 Å². The van der Waals surface area contributed by atoms with E-state index in [1.54, 1.807) is 4.90 Å². The van der Waals surface area contributed by atoms with Crippen LogP contribution in [0.4, 0.5) is 13.2 Å². The minimum Gasteiger partial charge on any atom is -0.334 e. The largest absolute Gasteiger partial charge is 0.416 e. The first-order valence-electron chi connectivity index (χ1n) is 12.8. The van der Waals surface area contributed by atoms with E-state index in [4.69, 9.17) is 4.98 Å². The highest BCUT2D eigenvalue weighted by molar-refractivity contribution is 7.15. The van der Waals surface area contributed by atoms with E-state index in [-0.39, 0.29) is 11.5 Å². The Balaban J connectivity index is 1.25. The summed E-state index contributed by atoms with van der Waals surface area (Å²) in [6.45, 7) is 0.740. The minimum atomic E-state index is -4.45. The Bertz CT molecular complexity index is 1790. The Hall–Kier alpha value is -4.43. The average molecular weight is 556 g/mol. The number of fused-ring (bicyclic) bond motifs is 2. The Morgan fingerprint density at radius 3 is 2.35 bits per heavy atom. The number of nitrogens with zero attached hydrogens (tertiary/aromatic N) is 3. The van der Waals surface area contributed by atoms with E-state index in [0.717, 1.165) is 45.0 Å². The molecule has 0 aliphatic rings. The summed E-state index contributed by atoms with van der Waals surface area (Å²) in [4.78, 5) is 20.8. The molecule has 40 heavy (non-hydrogen) atoms. The summed E-state index contributed by atoms with van der Waals surface area (Å²) in [6.07, 6.45) is -1.87. The highest BCUT2D eigenvalue weighted by Gasteiger charge is 2.30. The zero-order valence-corrected chi connectivity index (χ0v) is 22.1. The summed E-state index contributed by atoms with van der Waals surface area (Å²) in [6, 6.07) is 28.5. The lowest BCUT2D eigenvalue weighted by Crippen LogP contribution is -2.32. The van der Waals surface area contributed by atoms with Crippen LogP contribution < -0.4 is 0 Å². The first-order valence-corrected chi connectivity index (χ1v) is 13.7. The molecule has 0 radical (unpaired) electrons. The molecule has 0 unspecified atom stereocenters. The van der Waals surface area contributed by atoms with E-state index in [1.807, 2.05) is 54.0 Å². The molecule has 2 aromatic heterocycles. The van der Waals surface area contributed by atoms with Gasteiger partial charge in [0.1, 0.15) is 0 Å². The van der Waals surface area contributed by atoms with Gasteiger partial charge in [0.2, 0.25) is 0 Å². The molecule has 4 nitrogen and oxygen atoms in total. The monoisotopic (exact) mass is 555 g/mol. The van der Waals surface area contributed by atoms with Crippen molar-refractivity contribution < 1.29 is 18.0 Å². The summed E-state index contributed by atoms with van der Waals surface area (Å²) >= 11 is 1.54. The number of halogens is 3. The number of amides is 1. The fourth-order valence-electron chi connectivity index (χ4n) is 4.79. The lowest BCUT2D eigenvalue weighted by molar-refractivity contribution is -0.137. The Labute approximate surface area is 233 Å². The van der Waals surface area contributed by atoms with Crippen molar-refractivity contribution in [1.29, 1.82) is 0 Å². The molecule has 2 heterocycles. The van der Waals surface area contributed by atoms with Crippen LogP contribution in [-0.2, 0) is 19.1 Å². The van der Waals surface area contributed by atoms with Crippen molar-refractivity contribution in [2.75, 3.05) is 6.54 Å². The smallest absolute Gasteiger partial charge is 0.334 e. The third kappa shape index (κ3) is 5.35. The molecule has 6 aromatic rings. The molecule has 200 valence electrons. The Kier molecular flexibility index (Phi) is 6.86. The van der Waals surface area contributed by atoms with Crippen LogP contribution in [0.3, 0.4) is 0 Å². The maximum absolute atomic E-state index is 13.5. The lowest BCUT2D eigenvalue weighted by atomic mass is 10.1. The molecule has 0 N–H and O–H groups in total. The summed E-state index contributed by atoms with van der Waals surface area (Å²) in [5.74, 6) is -0.313. The summed E-state index contributed by atoms with van der Waals surface area (Å²) in [5, 5.41) is 4.36.